The summed E-state index contributed by atoms with van der Waals surface area (Å²) in [7, 11) is 0. The molecule has 0 bridgehead atoms. The van der Waals surface area contributed by atoms with Gasteiger partial charge in [0.25, 0.3) is 5.91 Å². The molecule has 3 N–H and O–H groups in total. The Morgan fingerprint density at radius 3 is 2.64 bits per heavy atom. The number of nitrogens with one attached hydrogen (secondary N) is 2. The number of aromatic hydroxyl groups is 1. The molecule has 0 radical (unpaired) electrons. The topological polar surface area (TPSA) is 101 Å². The number of anilines is 1. The molecule has 2 aromatic heterocycles. The summed E-state index contributed by atoms with van der Waals surface area (Å²) < 4.78 is 11.4. The fourth-order valence-corrected chi connectivity index (χ4v) is 4.17. The number of phenolic OH excluding ortho intramolecular Hbond substituents is 1. The first-order valence-electron chi connectivity index (χ1n) is 10.7. The number of carbonyl (C=O) groups excluding carboxylic acids is 1. The minimum absolute atomic E-state index is 0.0169. The molecule has 5 rings (SSSR count). The summed E-state index contributed by atoms with van der Waals surface area (Å²) in [5, 5.41) is 16.7. The number of rotatable bonds is 4. The van der Waals surface area contributed by atoms with E-state index >= 15 is 0 Å². The summed E-state index contributed by atoms with van der Waals surface area (Å²) in [4.78, 5) is 17.0. The SMILES string of the molecule is Cc1ccc2nc(-c3ccc(NC(=S)NC(=O)c4ccc(-c5cccc(Cl)c5Cl)o4)cc3O)oc2c1. The molecule has 0 aliphatic rings. The van der Waals surface area contributed by atoms with Crippen LogP contribution in [0, 0.1) is 6.92 Å². The lowest BCUT2D eigenvalue weighted by molar-refractivity contribution is 0.0951. The van der Waals surface area contributed by atoms with Crippen LogP contribution in [0.3, 0.4) is 0 Å². The smallest absolute Gasteiger partial charge is 0.293 e. The number of halogens is 2. The van der Waals surface area contributed by atoms with Crippen molar-refractivity contribution < 1.29 is 18.7 Å². The van der Waals surface area contributed by atoms with Gasteiger partial charge in [-0.25, -0.2) is 4.98 Å². The lowest BCUT2D eigenvalue weighted by Gasteiger charge is -2.10. The maximum Gasteiger partial charge on any atom is 0.293 e. The van der Waals surface area contributed by atoms with Crippen LogP contribution in [0.15, 0.2) is 75.6 Å². The van der Waals surface area contributed by atoms with Crippen LogP contribution in [-0.4, -0.2) is 21.1 Å². The van der Waals surface area contributed by atoms with Crippen LogP contribution in [0.5, 0.6) is 5.75 Å². The van der Waals surface area contributed by atoms with Crippen molar-refractivity contribution in [3.8, 4) is 28.5 Å². The molecule has 10 heteroatoms. The third kappa shape index (κ3) is 4.79. The number of oxazole rings is 1. The van der Waals surface area contributed by atoms with Gasteiger partial charge in [-0.05, 0) is 73.2 Å². The average Bonchev–Trinajstić information content (AvgIpc) is 3.48. The van der Waals surface area contributed by atoms with E-state index in [2.05, 4.69) is 15.6 Å². The number of fused-ring (bicyclic) bond motifs is 1. The van der Waals surface area contributed by atoms with Gasteiger partial charge >= 0.3 is 0 Å². The summed E-state index contributed by atoms with van der Waals surface area (Å²) in [5.41, 5.74) is 3.82. The molecule has 0 aliphatic carbocycles. The molecule has 1 amide bonds. The number of hydrogen-bond acceptors (Lipinski definition) is 6. The molecule has 5 aromatic rings. The van der Waals surface area contributed by atoms with E-state index in [0.29, 0.717) is 49.6 Å². The van der Waals surface area contributed by atoms with Crippen molar-refractivity contribution in [2.45, 2.75) is 6.92 Å². The Morgan fingerprint density at radius 1 is 1.00 bits per heavy atom. The third-order valence-corrected chi connectivity index (χ3v) is 6.33. The summed E-state index contributed by atoms with van der Waals surface area (Å²) in [6, 6.07) is 18.7. The van der Waals surface area contributed by atoms with Crippen molar-refractivity contribution in [3.63, 3.8) is 0 Å². The Labute approximate surface area is 220 Å². The summed E-state index contributed by atoms with van der Waals surface area (Å²) in [5.74, 6) is 0.103. The van der Waals surface area contributed by atoms with Crippen LogP contribution < -0.4 is 10.6 Å². The zero-order valence-corrected chi connectivity index (χ0v) is 21.0. The van der Waals surface area contributed by atoms with E-state index in [4.69, 9.17) is 44.3 Å². The molecule has 180 valence electrons. The van der Waals surface area contributed by atoms with Gasteiger partial charge in [-0.3, -0.25) is 10.1 Å². The molecule has 0 atom stereocenters. The van der Waals surface area contributed by atoms with Gasteiger partial charge in [0.15, 0.2) is 16.5 Å². The van der Waals surface area contributed by atoms with Gasteiger partial charge in [0.1, 0.15) is 17.0 Å². The average molecular weight is 538 g/mol. The summed E-state index contributed by atoms with van der Waals surface area (Å²) in [6.45, 7) is 1.96. The standard InChI is InChI=1S/C26H17Cl2N3O4S/c1-13-5-8-18-22(11-13)35-25(30-18)15-7-6-14(12-19(15)32)29-26(36)31-24(33)21-10-9-20(34-21)16-3-2-4-17(27)23(16)28/h2-12,32H,1H3,(H2,29,31,33,36). The van der Waals surface area contributed by atoms with Crippen molar-refractivity contribution in [1.82, 2.24) is 10.3 Å². The normalized spacial score (nSPS) is 11.0. The third-order valence-electron chi connectivity index (χ3n) is 5.30. The van der Waals surface area contributed by atoms with E-state index < -0.39 is 5.91 Å². The number of benzene rings is 3. The van der Waals surface area contributed by atoms with E-state index in [1.165, 1.54) is 12.1 Å². The molecule has 0 spiro atoms. The van der Waals surface area contributed by atoms with Crippen molar-refractivity contribution >= 4 is 63.2 Å². The minimum atomic E-state index is -0.556. The molecule has 7 nitrogen and oxygen atoms in total. The summed E-state index contributed by atoms with van der Waals surface area (Å²) in [6.07, 6.45) is 0. The van der Waals surface area contributed by atoms with Gasteiger partial charge in [-0.1, -0.05) is 35.3 Å². The number of hydrogen-bond donors (Lipinski definition) is 3. The van der Waals surface area contributed by atoms with Gasteiger partial charge in [-0.15, -0.1) is 0 Å². The Balaban J connectivity index is 1.27. The number of aromatic nitrogens is 1. The van der Waals surface area contributed by atoms with Crippen molar-refractivity contribution in [2.75, 3.05) is 5.32 Å². The van der Waals surface area contributed by atoms with Crippen LogP contribution in [0.25, 0.3) is 33.9 Å². The molecule has 0 aliphatic heterocycles. The van der Waals surface area contributed by atoms with Crippen LogP contribution in [0.2, 0.25) is 10.0 Å². The van der Waals surface area contributed by atoms with Crippen molar-refractivity contribution in [1.29, 1.82) is 0 Å². The first-order chi connectivity index (χ1) is 17.3. The summed E-state index contributed by atoms with van der Waals surface area (Å²) >= 11 is 17.5. The maximum absolute atomic E-state index is 12.6. The number of thiocarbonyl (C=S) groups is 1. The highest BCUT2D eigenvalue weighted by atomic mass is 35.5. The highest BCUT2D eigenvalue weighted by Gasteiger charge is 2.17. The quantitative estimate of drug-likeness (QED) is 0.208. The predicted octanol–water partition coefficient (Wildman–Crippen LogP) is 7.20. The molecule has 0 saturated carbocycles. The highest BCUT2D eigenvalue weighted by Crippen LogP contribution is 2.35. The molecular weight excluding hydrogens is 521 g/mol. The molecule has 0 saturated heterocycles. The Bertz CT molecular complexity index is 1640. The molecule has 2 heterocycles. The zero-order valence-electron chi connectivity index (χ0n) is 18.6. The van der Waals surface area contributed by atoms with E-state index in [1.54, 1.807) is 36.4 Å². The van der Waals surface area contributed by atoms with Gasteiger partial charge < -0.3 is 19.3 Å². The number of carbonyl (C=O) groups is 1. The van der Waals surface area contributed by atoms with Crippen LogP contribution in [0.4, 0.5) is 5.69 Å². The first-order valence-corrected chi connectivity index (χ1v) is 11.8. The maximum atomic E-state index is 12.6. The fraction of sp³-hybridized carbons (Fsp3) is 0.0385. The molecule has 3 aromatic carbocycles. The monoisotopic (exact) mass is 537 g/mol. The second kappa shape index (κ2) is 9.66. The van der Waals surface area contributed by atoms with Crippen LogP contribution in [-0.2, 0) is 0 Å². The predicted molar refractivity (Wildman–Crippen MR) is 144 cm³/mol. The molecule has 36 heavy (non-hydrogen) atoms. The highest BCUT2D eigenvalue weighted by molar-refractivity contribution is 7.80. The molecular formula is C26H17Cl2N3O4S. The molecule has 0 unspecified atom stereocenters. The van der Waals surface area contributed by atoms with Gasteiger partial charge in [0, 0.05) is 17.3 Å². The largest absolute Gasteiger partial charge is 0.507 e. The van der Waals surface area contributed by atoms with Gasteiger partial charge in [0.2, 0.25) is 5.89 Å². The Kier molecular flexibility index (Phi) is 6.40. The van der Waals surface area contributed by atoms with E-state index in [1.807, 2.05) is 25.1 Å². The Morgan fingerprint density at radius 2 is 1.83 bits per heavy atom. The number of phenols is 1. The number of amides is 1. The zero-order chi connectivity index (χ0) is 25.4. The van der Waals surface area contributed by atoms with E-state index in [-0.39, 0.29) is 16.6 Å². The Hall–Kier alpha value is -3.85. The fourth-order valence-electron chi connectivity index (χ4n) is 3.56. The lowest BCUT2D eigenvalue weighted by Crippen LogP contribution is -2.33. The number of aryl methyl sites for hydroxylation is 1. The van der Waals surface area contributed by atoms with Crippen LogP contribution in [0.1, 0.15) is 16.1 Å². The van der Waals surface area contributed by atoms with E-state index in [9.17, 15) is 9.90 Å². The van der Waals surface area contributed by atoms with Crippen molar-refractivity contribution in [3.05, 3.63) is 88.1 Å². The van der Waals surface area contributed by atoms with E-state index in [0.717, 1.165) is 5.56 Å². The lowest BCUT2D eigenvalue weighted by atomic mass is 10.2. The van der Waals surface area contributed by atoms with Crippen molar-refractivity contribution in [2.24, 2.45) is 0 Å². The second-order valence-corrected chi connectivity index (χ2v) is 9.09. The van der Waals surface area contributed by atoms with Gasteiger partial charge in [-0.2, -0.15) is 0 Å². The van der Waals surface area contributed by atoms with Crippen LogP contribution >= 0.6 is 35.4 Å². The first kappa shape index (κ1) is 23.9. The molecule has 0 fully saturated rings. The number of nitrogens with zero attached hydrogens (tertiary/aromatic N) is 1. The second-order valence-electron chi connectivity index (χ2n) is 7.90. The minimum Gasteiger partial charge on any atom is -0.507 e. The number of furan rings is 1. The van der Waals surface area contributed by atoms with Gasteiger partial charge in [0.05, 0.1) is 15.6 Å².